The zero-order valence-electron chi connectivity index (χ0n) is 10.9. The summed E-state index contributed by atoms with van der Waals surface area (Å²) in [7, 11) is 3.81. The van der Waals surface area contributed by atoms with E-state index in [1.54, 1.807) is 0 Å². The van der Waals surface area contributed by atoms with E-state index in [2.05, 4.69) is 26.1 Å². The summed E-state index contributed by atoms with van der Waals surface area (Å²) in [5.41, 5.74) is 0.305. The molecule has 0 aromatic rings. The summed E-state index contributed by atoms with van der Waals surface area (Å²) in [5, 5.41) is 3.05. The Morgan fingerprint density at radius 2 is 1.93 bits per heavy atom. The quantitative estimate of drug-likeness (QED) is 0.685. The van der Waals surface area contributed by atoms with Crippen molar-refractivity contribution in [1.29, 1.82) is 0 Å². The van der Waals surface area contributed by atoms with Crippen molar-refractivity contribution >= 4 is 5.91 Å². The highest BCUT2D eigenvalue weighted by molar-refractivity contribution is 5.75. The monoisotopic (exact) mass is 214 g/mol. The molecule has 0 radical (unpaired) electrons. The third kappa shape index (κ3) is 8.43. The molecule has 0 saturated heterocycles. The van der Waals surface area contributed by atoms with Crippen molar-refractivity contribution in [2.45, 2.75) is 40.0 Å². The zero-order valence-corrected chi connectivity index (χ0v) is 10.9. The number of carbonyl (C=O) groups excluding carboxylic acids is 1. The molecule has 1 amide bonds. The third-order valence-corrected chi connectivity index (χ3v) is 2.44. The molecular formula is C12H26N2O. The van der Waals surface area contributed by atoms with Gasteiger partial charge in [-0.1, -0.05) is 20.8 Å². The van der Waals surface area contributed by atoms with Crippen molar-refractivity contribution in [3.05, 3.63) is 0 Å². The molecule has 0 bridgehead atoms. The highest BCUT2D eigenvalue weighted by Gasteiger charge is 2.14. The maximum absolute atomic E-state index is 11.6. The predicted molar refractivity (Wildman–Crippen MR) is 64.9 cm³/mol. The normalized spacial score (nSPS) is 11.5. The first-order valence-electron chi connectivity index (χ1n) is 5.75. The van der Waals surface area contributed by atoms with Gasteiger partial charge in [-0.15, -0.1) is 0 Å². The lowest BCUT2D eigenvalue weighted by molar-refractivity contribution is -0.130. The van der Waals surface area contributed by atoms with E-state index in [0.29, 0.717) is 11.8 Å². The Hall–Kier alpha value is -0.570. The topological polar surface area (TPSA) is 32.3 Å². The van der Waals surface area contributed by atoms with Gasteiger partial charge in [0.25, 0.3) is 0 Å². The second-order valence-corrected chi connectivity index (χ2v) is 5.33. The molecule has 1 N–H and O–H groups in total. The van der Waals surface area contributed by atoms with Crippen molar-refractivity contribution in [2.75, 3.05) is 27.2 Å². The summed E-state index contributed by atoms with van der Waals surface area (Å²) in [5.74, 6) is 0.259. The summed E-state index contributed by atoms with van der Waals surface area (Å²) in [6.07, 6.45) is 2.64. The molecule has 0 aromatic carbocycles. The van der Waals surface area contributed by atoms with Crippen molar-refractivity contribution in [3.63, 3.8) is 0 Å². The van der Waals surface area contributed by atoms with Crippen LogP contribution in [-0.2, 0) is 4.79 Å². The van der Waals surface area contributed by atoms with Gasteiger partial charge < -0.3 is 10.2 Å². The van der Waals surface area contributed by atoms with Gasteiger partial charge in [-0.25, -0.2) is 0 Å². The fraction of sp³-hybridized carbons (Fsp3) is 0.917. The van der Waals surface area contributed by atoms with Crippen molar-refractivity contribution < 1.29 is 4.79 Å². The third-order valence-electron chi connectivity index (χ3n) is 2.44. The first kappa shape index (κ1) is 14.4. The van der Waals surface area contributed by atoms with Crippen molar-refractivity contribution in [1.82, 2.24) is 10.2 Å². The molecular weight excluding hydrogens is 188 g/mol. The van der Waals surface area contributed by atoms with Gasteiger partial charge in [-0.2, -0.15) is 0 Å². The molecule has 0 aliphatic heterocycles. The minimum absolute atomic E-state index is 0.259. The van der Waals surface area contributed by atoms with Crippen LogP contribution in [0.25, 0.3) is 0 Å². The Balaban J connectivity index is 3.70. The van der Waals surface area contributed by atoms with Gasteiger partial charge in [0.2, 0.25) is 5.91 Å². The summed E-state index contributed by atoms with van der Waals surface area (Å²) >= 11 is 0. The van der Waals surface area contributed by atoms with Crippen molar-refractivity contribution in [2.24, 2.45) is 5.41 Å². The van der Waals surface area contributed by atoms with E-state index < -0.39 is 0 Å². The molecule has 0 rings (SSSR count). The van der Waals surface area contributed by atoms with E-state index in [0.717, 1.165) is 25.9 Å². The zero-order chi connectivity index (χ0) is 11.9. The fourth-order valence-electron chi connectivity index (χ4n) is 1.24. The molecule has 0 unspecified atom stereocenters. The Morgan fingerprint density at radius 1 is 1.33 bits per heavy atom. The van der Waals surface area contributed by atoms with Gasteiger partial charge >= 0.3 is 0 Å². The van der Waals surface area contributed by atoms with Crippen molar-refractivity contribution in [3.8, 4) is 0 Å². The lowest BCUT2D eigenvalue weighted by Gasteiger charge is -2.23. The van der Waals surface area contributed by atoms with E-state index in [9.17, 15) is 4.79 Å². The molecule has 3 nitrogen and oxygen atoms in total. The van der Waals surface area contributed by atoms with Gasteiger partial charge in [0.1, 0.15) is 0 Å². The molecule has 0 aliphatic rings. The largest absolute Gasteiger partial charge is 0.346 e. The number of carbonyl (C=O) groups is 1. The molecule has 15 heavy (non-hydrogen) atoms. The van der Waals surface area contributed by atoms with E-state index in [1.807, 2.05) is 19.0 Å². The first-order chi connectivity index (χ1) is 6.87. The van der Waals surface area contributed by atoms with E-state index in [-0.39, 0.29) is 5.91 Å². The predicted octanol–water partition coefficient (Wildman–Crippen LogP) is 1.88. The number of nitrogens with zero attached hydrogens (tertiary/aromatic N) is 1. The van der Waals surface area contributed by atoms with Gasteiger partial charge in [0.05, 0.1) is 0 Å². The summed E-state index contributed by atoms with van der Waals surface area (Å²) < 4.78 is 0. The Morgan fingerprint density at radius 3 is 2.40 bits per heavy atom. The Bertz CT molecular complexity index is 185. The maximum Gasteiger partial charge on any atom is 0.222 e. The Kier molecular flexibility index (Phi) is 6.57. The first-order valence-corrected chi connectivity index (χ1v) is 5.75. The lowest BCUT2D eigenvalue weighted by Crippen LogP contribution is -2.30. The van der Waals surface area contributed by atoms with Gasteiger partial charge in [-0.3, -0.25) is 4.79 Å². The second-order valence-electron chi connectivity index (χ2n) is 5.33. The molecule has 0 atom stereocenters. The number of rotatable bonds is 6. The van der Waals surface area contributed by atoms with Gasteiger partial charge in [0, 0.05) is 20.0 Å². The fourth-order valence-corrected chi connectivity index (χ4v) is 1.24. The Labute approximate surface area is 94.2 Å². The van der Waals surface area contributed by atoms with Gasteiger partial charge in [-0.05, 0) is 31.8 Å². The van der Waals surface area contributed by atoms with E-state index in [1.165, 1.54) is 0 Å². The second kappa shape index (κ2) is 6.83. The summed E-state index contributed by atoms with van der Waals surface area (Å²) in [6.45, 7) is 8.38. The molecule has 3 heteroatoms. The van der Waals surface area contributed by atoms with Crippen LogP contribution in [0.5, 0.6) is 0 Å². The van der Waals surface area contributed by atoms with Crippen LogP contribution in [0.4, 0.5) is 0 Å². The molecule has 0 fully saturated rings. The lowest BCUT2D eigenvalue weighted by atomic mass is 9.92. The summed E-state index contributed by atoms with van der Waals surface area (Å²) in [6, 6.07) is 0. The number of hydrogen-bond acceptors (Lipinski definition) is 2. The number of nitrogens with one attached hydrogen (secondary N) is 1. The summed E-state index contributed by atoms with van der Waals surface area (Å²) in [4.78, 5) is 13.5. The van der Waals surface area contributed by atoms with Crippen LogP contribution in [-0.4, -0.2) is 38.0 Å². The minimum atomic E-state index is 0.259. The van der Waals surface area contributed by atoms with E-state index in [4.69, 9.17) is 0 Å². The van der Waals surface area contributed by atoms with Crippen LogP contribution in [0.3, 0.4) is 0 Å². The van der Waals surface area contributed by atoms with Gasteiger partial charge in [0.15, 0.2) is 0 Å². The standard InChI is InChI=1S/C12H26N2O/c1-12(2,3)8-10-14(5)11(15)7-6-9-13-4/h13H,6-10H2,1-5H3. The average molecular weight is 214 g/mol. The molecule has 0 aliphatic carbocycles. The van der Waals surface area contributed by atoms with Crippen LogP contribution < -0.4 is 5.32 Å². The van der Waals surface area contributed by atoms with E-state index >= 15 is 0 Å². The molecule has 0 spiro atoms. The number of amides is 1. The molecule has 0 aromatic heterocycles. The smallest absolute Gasteiger partial charge is 0.222 e. The van der Waals surface area contributed by atoms with Crippen LogP contribution in [0.1, 0.15) is 40.0 Å². The molecule has 90 valence electrons. The van der Waals surface area contributed by atoms with Crippen LogP contribution in [0, 0.1) is 5.41 Å². The average Bonchev–Trinajstić information content (AvgIpc) is 2.13. The molecule has 0 heterocycles. The highest BCUT2D eigenvalue weighted by Crippen LogP contribution is 2.18. The molecule has 0 saturated carbocycles. The number of hydrogen-bond donors (Lipinski definition) is 1. The maximum atomic E-state index is 11.6. The van der Waals surface area contributed by atoms with Crippen LogP contribution in [0.15, 0.2) is 0 Å². The van der Waals surface area contributed by atoms with Crippen LogP contribution in [0.2, 0.25) is 0 Å². The van der Waals surface area contributed by atoms with Crippen LogP contribution >= 0.6 is 0 Å². The minimum Gasteiger partial charge on any atom is -0.346 e. The highest BCUT2D eigenvalue weighted by atomic mass is 16.2. The SMILES string of the molecule is CNCCCC(=O)N(C)CCC(C)(C)C.